The predicted molar refractivity (Wildman–Crippen MR) is 138 cm³/mol. The molecule has 0 heterocycles. The van der Waals surface area contributed by atoms with E-state index in [0.29, 0.717) is 6.42 Å². The van der Waals surface area contributed by atoms with Gasteiger partial charge in [0, 0.05) is 19.0 Å². The zero-order chi connectivity index (χ0) is 25.3. The fourth-order valence-electron chi connectivity index (χ4n) is 4.68. The Morgan fingerprint density at radius 2 is 1.64 bits per heavy atom. The summed E-state index contributed by atoms with van der Waals surface area (Å²) >= 11 is 0. The van der Waals surface area contributed by atoms with E-state index in [4.69, 9.17) is 4.74 Å². The van der Waals surface area contributed by atoms with Crippen LogP contribution in [0.5, 0.6) is 5.75 Å². The van der Waals surface area contributed by atoms with E-state index >= 15 is 0 Å². The van der Waals surface area contributed by atoms with Gasteiger partial charge in [-0.05, 0) is 48.6 Å². The molecule has 5 nitrogen and oxygen atoms in total. The minimum absolute atomic E-state index is 0.0108. The fourth-order valence-corrected chi connectivity index (χ4v) is 4.68. The average Bonchev–Trinajstić information content (AvgIpc) is 3.40. The third-order valence-corrected chi connectivity index (χ3v) is 6.76. The van der Waals surface area contributed by atoms with Gasteiger partial charge in [-0.15, -0.1) is 0 Å². The molecular weight excluding hydrogens is 455 g/mol. The molecule has 1 N–H and O–H groups in total. The second kappa shape index (κ2) is 12.3. The molecule has 1 fully saturated rings. The van der Waals surface area contributed by atoms with E-state index in [0.717, 1.165) is 42.4 Å². The standard InChI is InChI=1S/C30H33FN2O3/c1-22-11-5-6-14-24(22)20-33(29(34)21-36-28-18-10-9-17-26(28)31)27(19-23-12-3-2-4-13-23)30(35)32-25-15-7-8-16-25/h2-6,9-14,17-18,25,27H,7-8,15-16,19-21H2,1H3,(H,32,35). The van der Waals surface area contributed by atoms with Crippen molar-refractivity contribution in [2.45, 2.75) is 57.7 Å². The lowest BCUT2D eigenvalue weighted by Crippen LogP contribution is -2.53. The molecule has 3 aromatic carbocycles. The number of ether oxygens (including phenoxy) is 1. The minimum atomic E-state index is -0.732. The highest BCUT2D eigenvalue weighted by Crippen LogP contribution is 2.21. The molecule has 0 saturated heterocycles. The van der Waals surface area contributed by atoms with Crippen molar-refractivity contribution in [1.82, 2.24) is 10.2 Å². The van der Waals surface area contributed by atoms with Crippen molar-refractivity contribution in [3.8, 4) is 5.75 Å². The van der Waals surface area contributed by atoms with E-state index in [9.17, 15) is 14.0 Å². The maximum Gasteiger partial charge on any atom is 0.261 e. The van der Waals surface area contributed by atoms with E-state index in [1.807, 2.05) is 61.5 Å². The molecule has 4 rings (SSSR count). The molecule has 6 heteroatoms. The molecule has 0 aliphatic heterocycles. The summed E-state index contributed by atoms with van der Waals surface area (Å²) in [5.41, 5.74) is 2.94. The van der Waals surface area contributed by atoms with Crippen LogP contribution in [0.3, 0.4) is 0 Å². The first kappa shape index (κ1) is 25.4. The summed E-state index contributed by atoms with van der Waals surface area (Å²) in [4.78, 5) is 28.8. The van der Waals surface area contributed by atoms with E-state index in [2.05, 4.69) is 5.32 Å². The van der Waals surface area contributed by atoms with E-state index in [1.165, 1.54) is 12.1 Å². The van der Waals surface area contributed by atoms with Crippen molar-refractivity contribution in [3.63, 3.8) is 0 Å². The van der Waals surface area contributed by atoms with Crippen LogP contribution in [-0.4, -0.2) is 35.4 Å². The van der Waals surface area contributed by atoms with E-state index in [-0.39, 0.29) is 36.8 Å². The number of carbonyl (C=O) groups excluding carboxylic acids is 2. The van der Waals surface area contributed by atoms with E-state index in [1.54, 1.807) is 17.0 Å². The first-order chi connectivity index (χ1) is 17.5. The number of nitrogens with one attached hydrogen (secondary N) is 1. The molecule has 0 aromatic heterocycles. The van der Waals surface area contributed by atoms with Gasteiger partial charge in [0.05, 0.1) is 0 Å². The van der Waals surface area contributed by atoms with Crippen molar-refractivity contribution in [2.75, 3.05) is 6.61 Å². The molecule has 1 saturated carbocycles. The Balaban J connectivity index is 1.63. The highest BCUT2D eigenvalue weighted by molar-refractivity contribution is 5.88. The van der Waals surface area contributed by atoms with Crippen LogP contribution in [0.4, 0.5) is 4.39 Å². The number of para-hydroxylation sites is 1. The largest absolute Gasteiger partial charge is 0.481 e. The first-order valence-electron chi connectivity index (χ1n) is 12.6. The van der Waals surface area contributed by atoms with Crippen LogP contribution in [0.15, 0.2) is 78.9 Å². The Kier molecular flexibility index (Phi) is 8.71. The zero-order valence-corrected chi connectivity index (χ0v) is 20.7. The topological polar surface area (TPSA) is 58.6 Å². The van der Waals surface area contributed by atoms with Crippen molar-refractivity contribution < 1.29 is 18.7 Å². The Bertz CT molecular complexity index is 1160. The highest BCUT2D eigenvalue weighted by atomic mass is 19.1. The lowest BCUT2D eigenvalue weighted by atomic mass is 10.0. The van der Waals surface area contributed by atoms with Gasteiger partial charge in [-0.25, -0.2) is 4.39 Å². The Labute approximate surface area is 212 Å². The number of amides is 2. The third-order valence-electron chi connectivity index (χ3n) is 6.76. The number of hydrogen-bond donors (Lipinski definition) is 1. The van der Waals surface area contributed by atoms with Gasteiger partial charge in [-0.2, -0.15) is 0 Å². The van der Waals surface area contributed by atoms with Gasteiger partial charge in [-0.3, -0.25) is 9.59 Å². The minimum Gasteiger partial charge on any atom is -0.481 e. The van der Waals surface area contributed by atoms with Crippen molar-refractivity contribution in [2.24, 2.45) is 0 Å². The molecule has 1 unspecified atom stereocenters. The van der Waals surface area contributed by atoms with Gasteiger partial charge in [0.1, 0.15) is 6.04 Å². The van der Waals surface area contributed by atoms with Crippen LogP contribution in [0, 0.1) is 12.7 Å². The molecule has 36 heavy (non-hydrogen) atoms. The number of rotatable bonds is 10. The fraction of sp³-hybridized carbons (Fsp3) is 0.333. The van der Waals surface area contributed by atoms with Crippen LogP contribution >= 0.6 is 0 Å². The lowest BCUT2D eigenvalue weighted by Gasteiger charge is -2.32. The van der Waals surface area contributed by atoms with Gasteiger partial charge in [0.15, 0.2) is 18.2 Å². The summed E-state index contributed by atoms with van der Waals surface area (Å²) in [7, 11) is 0. The summed E-state index contributed by atoms with van der Waals surface area (Å²) in [6.07, 6.45) is 4.46. The first-order valence-corrected chi connectivity index (χ1v) is 12.6. The number of hydrogen-bond acceptors (Lipinski definition) is 3. The van der Waals surface area contributed by atoms with Crippen molar-refractivity contribution in [3.05, 3.63) is 101 Å². The second-order valence-corrected chi connectivity index (χ2v) is 9.36. The van der Waals surface area contributed by atoms with Crippen LogP contribution in [0.25, 0.3) is 0 Å². The third kappa shape index (κ3) is 6.72. The van der Waals surface area contributed by atoms with Gasteiger partial charge < -0.3 is 15.0 Å². The van der Waals surface area contributed by atoms with Gasteiger partial charge in [0.2, 0.25) is 5.91 Å². The Morgan fingerprint density at radius 3 is 2.36 bits per heavy atom. The molecule has 1 atom stereocenters. The summed E-state index contributed by atoms with van der Waals surface area (Å²) in [6, 6.07) is 22.9. The number of halogens is 1. The van der Waals surface area contributed by atoms with Crippen LogP contribution in [0.1, 0.15) is 42.4 Å². The summed E-state index contributed by atoms with van der Waals surface area (Å²) in [5, 5.41) is 3.18. The number of nitrogens with zero attached hydrogens (tertiary/aromatic N) is 1. The molecule has 188 valence electrons. The van der Waals surface area contributed by atoms with Gasteiger partial charge in [0.25, 0.3) is 5.91 Å². The maximum atomic E-state index is 14.1. The van der Waals surface area contributed by atoms with Crippen molar-refractivity contribution in [1.29, 1.82) is 0 Å². The highest BCUT2D eigenvalue weighted by Gasteiger charge is 2.32. The van der Waals surface area contributed by atoms with Crippen LogP contribution < -0.4 is 10.1 Å². The van der Waals surface area contributed by atoms with Gasteiger partial charge >= 0.3 is 0 Å². The Hall–Kier alpha value is -3.67. The number of benzene rings is 3. The molecule has 1 aliphatic carbocycles. The molecular formula is C30H33FN2O3. The SMILES string of the molecule is Cc1ccccc1CN(C(=O)COc1ccccc1F)C(Cc1ccccc1)C(=O)NC1CCCC1. The molecule has 0 bridgehead atoms. The maximum absolute atomic E-state index is 14.1. The van der Waals surface area contributed by atoms with Crippen LogP contribution in [-0.2, 0) is 22.6 Å². The summed E-state index contributed by atoms with van der Waals surface area (Å²) in [5.74, 6) is -1.06. The summed E-state index contributed by atoms with van der Waals surface area (Å²) in [6.45, 7) is 1.87. The van der Waals surface area contributed by atoms with Crippen LogP contribution in [0.2, 0.25) is 0 Å². The average molecular weight is 489 g/mol. The van der Waals surface area contributed by atoms with Gasteiger partial charge in [-0.1, -0.05) is 79.6 Å². The number of carbonyl (C=O) groups is 2. The zero-order valence-electron chi connectivity index (χ0n) is 20.7. The Morgan fingerprint density at radius 1 is 0.972 bits per heavy atom. The monoisotopic (exact) mass is 488 g/mol. The van der Waals surface area contributed by atoms with E-state index < -0.39 is 11.9 Å². The smallest absolute Gasteiger partial charge is 0.261 e. The summed E-state index contributed by atoms with van der Waals surface area (Å²) < 4.78 is 19.7. The normalized spacial score (nSPS) is 14.3. The number of aryl methyl sites for hydroxylation is 1. The lowest BCUT2D eigenvalue weighted by molar-refractivity contribution is -0.143. The quantitative estimate of drug-likeness (QED) is 0.426. The molecule has 3 aromatic rings. The van der Waals surface area contributed by atoms with Crippen molar-refractivity contribution >= 4 is 11.8 Å². The molecule has 2 amide bonds. The molecule has 1 aliphatic rings. The predicted octanol–water partition coefficient (Wildman–Crippen LogP) is 5.21. The second-order valence-electron chi connectivity index (χ2n) is 9.36. The molecule has 0 spiro atoms. The molecule has 0 radical (unpaired) electrons.